The summed E-state index contributed by atoms with van der Waals surface area (Å²) in [6.07, 6.45) is 2.23. The van der Waals surface area contributed by atoms with Crippen molar-refractivity contribution in [1.29, 1.82) is 0 Å². The number of ether oxygens (including phenoxy) is 1. The summed E-state index contributed by atoms with van der Waals surface area (Å²) in [4.78, 5) is 34.6. The average molecular weight is 289 g/mol. The van der Waals surface area contributed by atoms with Gasteiger partial charge in [-0.05, 0) is 18.4 Å². The van der Waals surface area contributed by atoms with Gasteiger partial charge in [0.25, 0.3) is 0 Å². The van der Waals surface area contributed by atoms with Crippen LogP contribution in [0.1, 0.15) is 31.2 Å². The molecule has 1 heterocycles. The number of aryl methyl sites for hydroxylation is 1. The van der Waals surface area contributed by atoms with Crippen molar-refractivity contribution in [3.63, 3.8) is 0 Å². The van der Waals surface area contributed by atoms with Crippen molar-refractivity contribution in [3.8, 4) is 0 Å². The van der Waals surface area contributed by atoms with E-state index in [2.05, 4.69) is 5.32 Å². The molecule has 1 N–H and O–H groups in total. The van der Waals surface area contributed by atoms with E-state index in [9.17, 15) is 14.4 Å². The van der Waals surface area contributed by atoms with Crippen LogP contribution in [0, 0.1) is 0 Å². The molecule has 1 aliphatic heterocycles. The lowest BCUT2D eigenvalue weighted by Gasteiger charge is -2.08. The van der Waals surface area contributed by atoms with Gasteiger partial charge >= 0.3 is 5.97 Å². The predicted octanol–water partition coefficient (Wildman–Crippen LogP) is 1.40. The van der Waals surface area contributed by atoms with Crippen LogP contribution >= 0.6 is 0 Å². The topological polar surface area (TPSA) is 72.5 Å². The van der Waals surface area contributed by atoms with Crippen LogP contribution in [0.2, 0.25) is 0 Å². The van der Waals surface area contributed by atoms with Gasteiger partial charge in [-0.1, -0.05) is 30.3 Å². The molecule has 0 spiro atoms. The maximum Gasteiger partial charge on any atom is 0.328 e. The molecule has 5 nitrogen and oxygen atoms in total. The molecule has 0 aliphatic carbocycles. The van der Waals surface area contributed by atoms with Gasteiger partial charge < -0.3 is 10.1 Å². The van der Waals surface area contributed by atoms with Gasteiger partial charge in [-0.25, -0.2) is 4.79 Å². The van der Waals surface area contributed by atoms with E-state index < -0.39 is 17.9 Å². The molecule has 1 aromatic carbocycles. The number of cyclic esters (lactones) is 1. The van der Waals surface area contributed by atoms with Crippen LogP contribution in [0.3, 0.4) is 0 Å². The third-order valence-corrected chi connectivity index (χ3v) is 3.39. The maximum absolute atomic E-state index is 11.7. The molecule has 21 heavy (non-hydrogen) atoms. The SMILES string of the molecule is O=C(CCCc1ccccc1)CC(=O)N[C@H]1CCOC1=O. The zero-order chi connectivity index (χ0) is 15.1. The Morgan fingerprint density at radius 1 is 1.24 bits per heavy atom. The number of benzene rings is 1. The van der Waals surface area contributed by atoms with Crippen molar-refractivity contribution in [2.45, 2.75) is 38.1 Å². The van der Waals surface area contributed by atoms with Crippen LogP contribution in [0.5, 0.6) is 0 Å². The van der Waals surface area contributed by atoms with Crippen molar-refractivity contribution < 1.29 is 19.1 Å². The standard InChI is InChI=1S/C16H19NO4/c18-13(8-4-7-12-5-2-1-3-6-12)11-15(19)17-14-9-10-21-16(14)20/h1-3,5-6,14H,4,7-11H2,(H,17,19)/t14-/m0/s1. The number of hydrogen-bond acceptors (Lipinski definition) is 4. The summed E-state index contributed by atoms with van der Waals surface area (Å²) in [5.74, 6) is -0.918. The minimum Gasteiger partial charge on any atom is -0.464 e. The van der Waals surface area contributed by atoms with Crippen LogP contribution < -0.4 is 5.32 Å². The van der Waals surface area contributed by atoms with Gasteiger partial charge in [-0.2, -0.15) is 0 Å². The van der Waals surface area contributed by atoms with Gasteiger partial charge in [0.15, 0.2) is 0 Å². The van der Waals surface area contributed by atoms with Crippen LogP contribution in [-0.2, 0) is 25.5 Å². The molecular weight excluding hydrogens is 270 g/mol. The first-order valence-corrected chi connectivity index (χ1v) is 7.17. The van der Waals surface area contributed by atoms with E-state index in [1.54, 1.807) is 0 Å². The number of nitrogens with one attached hydrogen (secondary N) is 1. The molecule has 112 valence electrons. The second-order valence-corrected chi connectivity index (χ2v) is 5.13. The highest BCUT2D eigenvalue weighted by Crippen LogP contribution is 2.08. The summed E-state index contributed by atoms with van der Waals surface area (Å²) >= 11 is 0. The van der Waals surface area contributed by atoms with E-state index in [-0.39, 0.29) is 12.2 Å². The van der Waals surface area contributed by atoms with Gasteiger partial charge in [-0.15, -0.1) is 0 Å². The highest BCUT2D eigenvalue weighted by molar-refractivity contribution is 5.99. The Balaban J connectivity index is 1.64. The molecule has 0 unspecified atom stereocenters. The third kappa shape index (κ3) is 5.02. The number of ketones is 1. The number of carbonyl (C=O) groups is 3. The van der Waals surface area contributed by atoms with E-state index in [4.69, 9.17) is 4.74 Å². The van der Waals surface area contributed by atoms with Gasteiger partial charge in [-0.3, -0.25) is 9.59 Å². The molecule has 5 heteroatoms. The Kier molecular flexibility index (Phi) is 5.49. The zero-order valence-electron chi connectivity index (χ0n) is 11.8. The molecule has 0 radical (unpaired) electrons. The van der Waals surface area contributed by atoms with Gasteiger partial charge in [0.1, 0.15) is 11.8 Å². The highest BCUT2D eigenvalue weighted by Gasteiger charge is 2.28. The molecule has 1 fully saturated rings. The molecule has 2 rings (SSSR count). The highest BCUT2D eigenvalue weighted by atomic mass is 16.5. The fraction of sp³-hybridized carbons (Fsp3) is 0.438. The second-order valence-electron chi connectivity index (χ2n) is 5.13. The molecule has 1 saturated heterocycles. The minimum absolute atomic E-state index is 0.102. The Labute approximate surface area is 123 Å². The fourth-order valence-corrected chi connectivity index (χ4v) is 2.27. The largest absolute Gasteiger partial charge is 0.464 e. The quantitative estimate of drug-likeness (QED) is 0.608. The second kappa shape index (κ2) is 7.57. The number of amides is 1. The number of Topliss-reactive ketones (excluding diaryl/α,β-unsaturated/α-hetero) is 1. The van der Waals surface area contributed by atoms with E-state index in [0.29, 0.717) is 19.4 Å². The molecular formula is C16H19NO4. The molecule has 0 bridgehead atoms. The lowest BCUT2D eigenvalue weighted by molar-refractivity contribution is -0.142. The summed E-state index contributed by atoms with van der Waals surface area (Å²) < 4.78 is 4.75. The first kappa shape index (κ1) is 15.2. The van der Waals surface area contributed by atoms with Gasteiger partial charge in [0.05, 0.1) is 13.0 Å². The zero-order valence-corrected chi connectivity index (χ0v) is 11.8. The monoisotopic (exact) mass is 289 g/mol. The molecule has 1 atom stereocenters. The molecule has 0 saturated carbocycles. The average Bonchev–Trinajstić information content (AvgIpc) is 2.85. The fourth-order valence-electron chi connectivity index (χ4n) is 2.27. The smallest absolute Gasteiger partial charge is 0.328 e. The van der Waals surface area contributed by atoms with Gasteiger partial charge in [0.2, 0.25) is 5.91 Å². The number of rotatable bonds is 7. The summed E-state index contributed by atoms with van der Waals surface area (Å²) in [7, 11) is 0. The summed E-state index contributed by atoms with van der Waals surface area (Å²) in [5, 5.41) is 2.53. The van der Waals surface area contributed by atoms with Crippen molar-refractivity contribution in [2.75, 3.05) is 6.61 Å². The van der Waals surface area contributed by atoms with Gasteiger partial charge in [0, 0.05) is 12.8 Å². The maximum atomic E-state index is 11.7. The first-order chi connectivity index (χ1) is 10.1. The Morgan fingerprint density at radius 2 is 2.00 bits per heavy atom. The molecule has 1 amide bonds. The van der Waals surface area contributed by atoms with Crippen molar-refractivity contribution >= 4 is 17.7 Å². The van der Waals surface area contributed by atoms with E-state index >= 15 is 0 Å². The number of hydrogen-bond donors (Lipinski definition) is 1. The Morgan fingerprint density at radius 3 is 2.67 bits per heavy atom. The molecule has 1 aliphatic rings. The molecule has 0 aromatic heterocycles. The molecule has 1 aromatic rings. The number of esters is 1. The van der Waals surface area contributed by atoms with E-state index in [1.807, 2.05) is 30.3 Å². The summed E-state index contributed by atoms with van der Waals surface area (Å²) in [6.45, 7) is 0.328. The first-order valence-electron chi connectivity index (χ1n) is 7.17. The summed E-state index contributed by atoms with van der Waals surface area (Å²) in [5.41, 5.74) is 1.18. The van der Waals surface area contributed by atoms with Crippen molar-refractivity contribution in [2.24, 2.45) is 0 Å². The van der Waals surface area contributed by atoms with E-state index in [1.165, 1.54) is 5.56 Å². The van der Waals surface area contributed by atoms with E-state index in [0.717, 1.165) is 12.8 Å². The van der Waals surface area contributed by atoms with Crippen molar-refractivity contribution in [3.05, 3.63) is 35.9 Å². The van der Waals surface area contributed by atoms with Crippen LogP contribution in [-0.4, -0.2) is 30.3 Å². The predicted molar refractivity (Wildman–Crippen MR) is 76.5 cm³/mol. The summed E-state index contributed by atoms with van der Waals surface area (Å²) in [6, 6.07) is 9.32. The lowest BCUT2D eigenvalue weighted by Crippen LogP contribution is -2.38. The lowest BCUT2D eigenvalue weighted by atomic mass is 10.1. The van der Waals surface area contributed by atoms with Crippen LogP contribution in [0.15, 0.2) is 30.3 Å². The third-order valence-electron chi connectivity index (χ3n) is 3.39. The van der Waals surface area contributed by atoms with Crippen LogP contribution in [0.25, 0.3) is 0 Å². The minimum atomic E-state index is -0.588. The number of carbonyl (C=O) groups excluding carboxylic acids is 3. The Bertz CT molecular complexity index is 512. The van der Waals surface area contributed by atoms with Crippen molar-refractivity contribution in [1.82, 2.24) is 5.32 Å². The normalized spacial score (nSPS) is 17.3. The Hall–Kier alpha value is -2.17. The van der Waals surface area contributed by atoms with Crippen LogP contribution in [0.4, 0.5) is 0 Å².